The topological polar surface area (TPSA) is 18.5 Å². The van der Waals surface area contributed by atoms with Crippen molar-refractivity contribution in [2.75, 3.05) is 13.2 Å². The molecule has 33 heavy (non-hydrogen) atoms. The van der Waals surface area contributed by atoms with E-state index in [9.17, 15) is 0 Å². The lowest BCUT2D eigenvalue weighted by Gasteiger charge is -2.29. The van der Waals surface area contributed by atoms with Crippen molar-refractivity contribution >= 4 is 8.56 Å². The van der Waals surface area contributed by atoms with E-state index in [1.165, 1.54) is 141 Å². The van der Waals surface area contributed by atoms with Gasteiger partial charge in [-0.05, 0) is 24.9 Å². The molecule has 3 heteroatoms. The average molecular weight is 485 g/mol. The van der Waals surface area contributed by atoms with E-state index in [4.69, 9.17) is 8.85 Å². The fourth-order valence-corrected chi connectivity index (χ4v) is 7.18. The van der Waals surface area contributed by atoms with E-state index >= 15 is 0 Å². The molecule has 0 saturated heterocycles. The highest BCUT2D eigenvalue weighted by Crippen LogP contribution is 2.21. The van der Waals surface area contributed by atoms with E-state index in [0.29, 0.717) is 0 Å². The number of hydrogen-bond donors (Lipinski definition) is 0. The first-order valence-corrected chi connectivity index (χ1v) is 17.8. The van der Waals surface area contributed by atoms with Crippen molar-refractivity contribution in [2.24, 2.45) is 0 Å². The Morgan fingerprint density at radius 3 is 0.818 bits per heavy atom. The Morgan fingerprint density at radius 1 is 0.333 bits per heavy atom. The lowest BCUT2D eigenvalue weighted by molar-refractivity contribution is 0.163. The quantitative estimate of drug-likeness (QED) is 0.0811. The van der Waals surface area contributed by atoms with Gasteiger partial charge in [-0.15, -0.1) is 0 Å². The molecule has 0 aliphatic heterocycles. The zero-order chi connectivity index (χ0) is 24.3. The molecule has 0 fully saturated rings. The molecule has 0 radical (unpaired) electrons. The van der Waals surface area contributed by atoms with E-state index in [-0.39, 0.29) is 0 Å². The van der Waals surface area contributed by atoms with Gasteiger partial charge in [-0.2, -0.15) is 0 Å². The summed E-state index contributed by atoms with van der Waals surface area (Å²) in [6.07, 6.45) is 30.6. The Hall–Kier alpha value is 0.137. The monoisotopic (exact) mass is 484 g/mol. The van der Waals surface area contributed by atoms with Crippen LogP contribution >= 0.6 is 0 Å². The van der Waals surface area contributed by atoms with Crippen LogP contribution in [0.25, 0.3) is 0 Å². The minimum absolute atomic E-state index is 0.919. The smallest absolute Gasteiger partial charge is 0.337 e. The summed E-state index contributed by atoms with van der Waals surface area (Å²) in [5, 5.41) is 0. The predicted molar refractivity (Wildman–Crippen MR) is 152 cm³/mol. The fourth-order valence-electron chi connectivity index (χ4n) is 4.75. The van der Waals surface area contributed by atoms with Gasteiger partial charge in [-0.1, -0.05) is 156 Å². The molecule has 0 bridgehead atoms. The third kappa shape index (κ3) is 22.4. The molecular formula is C30H64O2Si. The van der Waals surface area contributed by atoms with E-state index in [0.717, 1.165) is 25.3 Å². The number of hydrogen-bond acceptors (Lipinski definition) is 2. The van der Waals surface area contributed by atoms with Crippen molar-refractivity contribution in [1.82, 2.24) is 0 Å². The summed E-state index contributed by atoms with van der Waals surface area (Å²) < 4.78 is 12.8. The summed E-state index contributed by atoms with van der Waals surface area (Å²) in [5.74, 6) is 0. The van der Waals surface area contributed by atoms with Gasteiger partial charge in [0.15, 0.2) is 0 Å². The lowest BCUT2D eigenvalue weighted by Crippen LogP contribution is -2.41. The number of unbranched alkanes of at least 4 members (excludes halogenated alkanes) is 20. The Bertz CT molecular complexity index is 357. The summed E-state index contributed by atoms with van der Waals surface area (Å²) in [6.45, 7) is 11.0. The van der Waals surface area contributed by atoms with Gasteiger partial charge in [-0.3, -0.25) is 0 Å². The van der Waals surface area contributed by atoms with Crippen LogP contribution in [0.4, 0.5) is 0 Å². The van der Waals surface area contributed by atoms with Gasteiger partial charge < -0.3 is 8.85 Å². The predicted octanol–water partition coefficient (Wildman–Crippen LogP) is 11.1. The molecule has 0 aromatic heterocycles. The number of rotatable bonds is 28. The minimum Gasteiger partial charge on any atom is -0.394 e. The van der Waals surface area contributed by atoms with Crippen LogP contribution in [0, 0.1) is 0 Å². The van der Waals surface area contributed by atoms with Crippen LogP contribution < -0.4 is 0 Å². The summed E-state index contributed by atoms with van der Waals surface area (Å²) in [6, 6.07) is 2.19. The van der Waals surface area contributed by atoms with E-state index in [2.05, 4.69) is 27.7 Å². The molecule has 0 saturated carbocycles. The molecule has 0 heterocycles. The molecule has 0 N–H and O–H groups in total. The zero-order valence-electron chi connectivity index (χ0n) is 23.7. The lowest BCUT2D eigenvalue weighted by atomic mass is 10.0. The molecule has 2 nitrogen and oxygen atoms in total. The van der Waals surface area contributed by atoms with E-state index in [1.54, 1.807) is 0 Å². The highest BCUT2D eigenvalue weighted by molar-refractivity contribution is 6.67. The van der Waals surface area contributed by atoms with Crippen molar-refractivity contribution in [2.45, 2.75) is 181 Å². The molecule has 0 aliphatic carbocycles. The maximum atomic E-state index is 6.43. The first kappa shape index (κ1) is 33.1. The van der Waals surface area contributed by atoms with Crippen molar-refractivity contribution in [3.05, 3.63) is 0 Å². The second-order valence-corrected chi connectivity index (χ2v) is 14.2. The molecule has 0 amide bonds. The summed E-state index contributed by atoms with van der Waals surface area (Å²) in [4.78, 5) is 0. The molecule has 0 aliphatic rings. The van der Waals surface area contributed by atoms with Crippen LogP contribution in [0.15, 0.2) is 0 Å². The van der Waals surface area contributed by atoms with Gasteiger partial charge in [0.2, 0.25) is 0 Å². The van der Waals surface area contributed by atoms with Gasteiger partial charge in [0, 0.05) is 13.2 Å². The molecule has 0 aromatic rings. The van der Waals surface area contributed by atoms with Gasteiger partial charge in [0.25, 0.3) is 0 Å². The SMILES string of the molecule is CCCCCCCCCCCCCCCO[Si](CC)(CC)OCCCCCCCCCCC. The maximum absolute atomic E-state index is 6.43. The van der Waals surface area contributed by atoms with Crippen molar-refractivity contribution in [3.63, 3.8) is 0 Å². The second-order valence-electron chi connectivity index (χ2n) is 10.4. The van der Waals surface area contributed by atoms with Crippen molar-refractivity contribution in [3.8, 4) is 0 Å². The molecule has 0 spiro atoms. The van der Waals surface area contributed by atoms with Crippen LogP contribution in [0.2, 0.25) is 12.1 Å². The Kier molecular flexibility index (Phi) is 26.8. The highest BCUT2D eigenvalue weighted by Gasteiger charge is 2.33. The first-order valence-electron chi connectivity index (χ1n) is 15.5. The zero-order valence-corrected chi connectivity index (χ0v) is 24.7. The van der Waals surface area contributed by atoms with E-state index < -0.39 is 8.56 Å². The fraction of sp³-hybridized carbons (Fsp3) is 1.00. The van der Waals surface area contributed by atoms with Crippen LogP contribution in [-0.2, 0) is 8.85 Å². The summed E-state index contributed by atoms with van der Waals surface area (Å²) >= 11 is 0. The molecule has 0 rings (SSSR count). The third-order valence-corrected chi connectivity index (χ3v) is 10.9. The van der Waals surface area contributed by atoms with Crippen LogP contribution in [-0.4, -0.2) is 21.8 Å². The molecule has 0 aromatic carbocycles. The van der Waals surface area contributed by atoms with E-state index in [1.807, 2.05) is 0 Å². The Morgan fingerprint density at radius 2 is 0.576 bits per heavy atom. The van der Waals surface area contributed by atoms with Gasteiger partial charge >= 0.3 is 8.56 Å². The maximum Gasteiger partial charge on any atom is 0.337 e. The van der Waals surface area contributed by atoms with Gasteiger partial charge in [0.05, 0.1) is 0 Å². The Balaban J connectivity index is 3.57. The highest BCUT2D eigenvalue weighted by atomic mass is 28.4. The molecular weight excluding hydrogens is 420 g/mol. The standard InChI is InChI=1S/C30H64O2Si/c1-5-9-11-13-15-17-18-19-20-22-24-26-28-30-32-33(7-3,8-4)31-29-27-25-23-21-16-14-12-10-6-2/h5-30H2,1-4H3. The summed E-state index contributed by atoms with van der Waals surface area (Å²) in [5.41, 5.74) is 0. The normalized spacial score (nSPS) is 12.0. The van der Waals surface area contributed by atoms with Crippen molar-refractivity contribution < 1.29 is 8.85 Å². The van der Waals surface area contributed by atoms with Crippen molar-refractivity contribution in [1.29, 1.82) is 0 Å². The van der Waals surface area contributed by atoms with Gasteiger partial charge in [-0.25, -0.2) is 0 Å². The second kappa shape index (κ2) is 26.7. The largest absolute Gasteiger partial charge is 0.394 e. The Labute approximate surface area is 211 Å². The first-order chi connectivity index (χ1) is 16.2. The molecule has 0 unspecified atom stereocenters. The third-order valence-electron chi connectivity index (χ3n) is 7.30. The average Bonchev–Trinajstić information content (AvgIpc) is 2.84. The van der Waals surface area contributed by atoms with Crippen LogP contribution in [0.3, 0.4) is 0 Å². The molecule has 0 atom stereocenters. The minimum atomic E-state index is -1.94. The van der Waals surface area contributed by atoms with Gasteiger partial charge in [0.1, 0.15) is 0 Å². The van der Waals surface area contributed by atoms with Crippen LogP contribution in [0.1, 0.15) is 169 Å². The van der Waals surface area contributed by atoms with Crippen LogP contribution in [0.5, 0.6) is 0 Å². The summed E-state index contributed by atoms with van der Waals surface area (Å²) in [7, 11) is -1.94. The molecule has 200 valence electrons.